The largest absolute Gasteiger partial charge is 0.481 e. The summed E-state index contributed by atoms with van der Waals surface area (Å²) >= 11 is 2.61. The Morgan fingerprint density at radius 1 is 1.05 bits per heavy atom. The summed E-state index contributed by atoms with van der Waals surface area (Å²) in [5.74, 6) is -1.16. The molecule has 10 heteroatoms. The highest BCUT2D eigenvalue weighted by Crippen LogP contribution is 2.19. The molecule has 2 aromatic rings. The van der Waals surface area contributed by atoms with Crippen LogP contribution in [-0.2, 0) is 17.6 Å². The van der Waals surface area contributed by atoms with Crippen LogP contribution in [-0.4, -0.2) is 44.0 Å². The van der Waals surface area contributed by atoms with Crippen LogP contribution >= 0.6 is 23.5 Å². The lowest BCUT2D eigenvalue weighted by molar-refractivity contribution is -0.142. The predicted molar refractivity (Wildman–Crippen MR) is 70.7 cm³/mol. The Labute approximate surface area is 122 Å². The summed E-state index contributed by atoms with van der Waals surface area (Å²) in [5.41, 5.74) is 0. The second-order valence-electron chi connectivity index (χ2n) is 3.78. The topological polar surface area (TPSA) is 115 Å². The molecule has 0 amide bonds. The first-order chi connectivity index (χ1) is 9.62. The molecule has 108 valence electrons. The number of hydrogen-bond acceptors (Lipinski definition) is 9. The van der Waals surface area contributed by atoms with E-state index in [9.17, 15) is 9.90 Å². The van der Waals surface area contributed by atoms with Gasteiger partial charge in [-0.1, -0.05) is 23.5 Å². The first-order valence-electron chi connectivity index (χ1n) is 5.58. The van der Waals surface area contributed by atoms with Gasteiger partial charge < -0.3 is 13.9 Å². The molecule has 0 bridgehead atoms. The van der Waals surface area contributed by atoms with Crippen LogP contribution in [0.4, 0.5) is 0 Å². The molecule has 2 heterocycles. The molecular weight excluding hydrogens is 304 g/mol. The van der Waals surface area contributed by atoms with Gasteiger partial charge in [-0.05, 0) is 12.5 Å². The van der Waals surface area contributed by atoms with Crippen molar-refractivity contribution in [1.29, 1.82) is 0 Å². The van der Waals surface area contributed by atoms with Gasteiger partial charge >= 0.3 is 5.97 Å². The van der Waals surface area contributed by atoms with Gasteiger partial charge in [-0.15, -0.1) is 20.4 Å². The molecule has 0 radical (unpaired) electrons. The summed E-state index contributed by atoms with van der Waals surface area (Å²) in [7, 11) is 0. The lowest BCUT2D eigenvalue weighted by atomic mass is 10.0. The highest BCUT2D eigenvalue weighted by molar-refractivity contribution is 7.98. The number of nitrogens with zero attached hydrogens (tertiary/aromatic N) is 4. The second-order valence-corrected chi connectivity index (χ2v) is 5.29. The predicted octanol–water partition coefficient (Wildman–Crippen LogP) is 1.38. The van der Waals surface area contributed by atoms with E-state index in [1.54, 1.807) is 12.5 Å². The highest BCUT2D eigenvalue weighted by Gasteiger charge is 2.24. The van der Waals surface area contributed by atoms with E-state index in [4.69, 9.17) is 8.83 Å². The summed E-state index contributed by atoms with van der Waals surface area (Å²) in [6.07, 6.45) is 3.85. The third kappa shape index (κ3) is 3.73. The highest BCUT2D eigenvalue weighted by atomic mass is 32.2. The number of aliphatic carboxylic acids is 1. The van der Waals surface area contributed by atoms with Gasteiger partial charge in [-0.3, -0.25) is 4.79 Å². The van der Waals surface area contributed by atoms with E-state index in [1.165, 1.54) is 23.5 Å². The first kappa shape index (κ1) is 14.9. The first-order valence-corrected chi connectivity index (χ1v) is 8.03. The molecular formula is C10H12N4O4S2. The van der Waals surface area contributed by atoms with Gasteiger partial charge in [0, 0.05) is 12.8 Å². The molecule has 0 atom stereocenters. The smallest absolute Gasteiger partial charge is 0.307 e. The zero-order valence-electron chi connectivity index (χ0n) is 10.8. The Kier molecular flexibility index (Phi) is 5.01. The standard InChI is InChI=1S/C10H12N4O4S2/c1-19-9-13-11-6(17-9)3-5(8(15)16)4-7-12-14-10(18-7)20-2/h5H,3-4H2,1-2H3,(H,15,16). The molecule has 0 unspecified atom stereocenters. The normalized spacial score (nSPS) is 11.2. The molecule has 8 nitrogen and oxygen atoms in total. The lowest BCUT2D eigenvalue weighted by Crippen LogP contribution is -2.19. The van der Waals surface area contributed by atoms with E-state index in [-0.39, 0.29) is 24.6 Å². The Balaban J connectivity index is 2.05. The summed E-state index contributed by atoms with van der Waals surface area (Å²) in [6, 6.07) is 0. The number of carboxylic acids is 1. The lowest BCUT2D eigenvalue weighted by Gasteiger charge is -2.06. The van der Waals surface area contributed by atoms with E-state index in [0.717, 1.165) is 0 Å². The molecule has 0 saturated carbocycles. The molecule has 0 aliphatic rings. The van der Waals surface area contributed by atoms with Crippen molar-refractivity contribution < 1.29 is 18.7 Å². The molecule has 0 aliphatic carbocycles. The number of rotatable bonds is 7. The molecule has 20 heavy (non-hydrogen) atoms. The Morgan fingerprint density at radius 3 is 1.80 bits per heavy atom. The van der Waals surface area contributed by atoms with Crippen LogP contribution in [0.5, 0.6) is 0 Å². The third-order valence-corrected chi connectivity index (χ3v) is 3.47. The number of thioether (sulfide) groups is 2. The van der Waals surface area contributed by atoms with Gasteiger partial charge in [0.05, 0.1) is 5.92 Å². The van der Waals surface area contributed by atoms with E-state index >= 15 is 0 Å². The monoisotopic (exact) mass is 316 g/mol. The van der Waals surface area contributed by atoms with Crippen LogP contribution < -0.4 is 0 Å². The van der Waals surface area contributed by atoms with Crippen molar-refractivity contribution in [1.82, 2.24) is 20.4 Å². The fraction of sp³-hybridized carbons (Fsp3) is 0.500. The maximum Gasteiger partial charge on any atom is 0.307 e. The molecule has 0 spiro atoms. The minimum Gasteiger partial charge on any atom is -0.481 e. The van der Waals surface area contributed by atoms with E-state index in [1.807, 2.05) is 0 Å². The average molecular weight is 316 g/mol. The quantitative estimate of drug-likeness (QED) is 0.751. The van der Waals surface area contributed by atoms with Crippen LogP contribution in [0.2, 0.25) is 0 Å². The van der Waals surface area contributed by atoms with Gasteiger partial charge in [0.25, 0.3) is 10.4 Å². The molecule has 2 aromatic heterocycles. The van der Waals surface area contributed by atoms with Gasteiger partial charge in [-0.2, -0.15) is 0 Å². The van der Waals surface area contributed by atoms with Gasteiger partial charge in [0.2, 0.25) is 11.8 Å². The van der Waals surface area contributed by atoms with Crippen molar-refractivity contribution >= 4 is 29.5 Å². The van der Waals surface area contributed by atoms with E-state index in [0.29, 0.717) is 10.4 Å². The summed E-state index contributed by atoms with van der Waals surface area (Å²) in [6.45, 7) is 0. The zero-order chi connectivity index (χ0) is 14.5. The molecule has 1 N–H and O–H groups in total. The number of carboxylic acid groups (broad SMARTS) is 1. The van der Waals surface area contributed by atoms with Crippen LogP contribution in [0.25, 0.3) is 0 Å². The third-order valence-electron chi connectivity index (χ3n) is 2.44. The minimum absolute atomic E-state index is 0.125. The zero-order valence-corrected chi connectivity index (χ0v) is 12.4. The van der Waals surface area contributed by atoms with E-state index in [2.05, 4.69) is 20.4 Å². The minimum atomic E-state index is -0.974. The molecule has 2 rings (SSSR count). The molecule has 0 saturated heterocycles. The fourth-order valence-electron chi connectivity index (χ4n) is 1.47. The van der Waals surface area contributed by atoms with Crippen molar-refractivity contribution in [3.63, 3.8) is 0 Å². The Bertz CT molecular complexity index is 541. The van der Waals surface area contributed by atoms with E-state index < -0.39 is 11.9 Å². The second kappa shape index (κ2) is 6.75. The average Bonchev–Trinajstić information content (AvgIpc) is 3.06. The summed E-state index contributed by atoms with van der Waals surface area (Å²) in [4.78, 5) is 11.3. The van der Waals surface area contributed by atoms with Crippen molar-refractivity contribution in [2.75, 3.05) is 12.5 Å². The van der Waals surface area contributed by atoms with Crippen LogP contribution in [0, 0.1) is 5.92 Å². The van der Waals surface area contributed by atoms with Crippen molar-refractivity contribution in [3.8, 4) is 0 Å². The Hall–Kier alpha value is -1.55. The van der Waals surface area contributed by atoms with Crippen molar-refractivity contribution in [3.05, 3.63) is 11.8 Å². The maximum atomic E-state index is 11.3. The van der Waals surface area contributed by atoms with Crippen LogP contribution in [0.3, 0.4) is 0 Å². The summed E-state index contributed by atoms with van der Waals surface area (Å²) < 4.78 is 10.6. The molecule has 0 fully saturated rings. The number of hydrogen-bond donors (Lipinski definition) is 1. The number of carbonyl (C=O) groups is 1. The Morgan fingerprint density at radius 2 is 1.50 bits per heavy atom. The van der Waals surface area contributed by atoms with Gasteiger partial charge in [0.1, 0.15) is 0 Å². The summed E-state index contributed by atoms with van der Waals surface area (Å²) in [5, 5.41) is 25.2. The van der Waals surface area contributed by atoms with Crippen LogP contribution in [0.15, 0.2) is 19.3 Å². The maximum absolute atomic E-state index is 11.3. The van der Waals surface area contributed by atoms with Crippen molar-refractivity contribution in [2.24, 2.45) is 5.92 Å². The van der Waals surface area contributed by atoms with Crippen LogP contribution in [0.1, 0.15) is 11.8 Å². The van der Waals surface area contributed by atoms with Gasteiger partial charge in [-0.25, -0.2) is 0 Å². The SMILES string of the molecule is CSc1nnc(CC(Cc2nnc(SC)o2)C(=O)O)o1. The number of aromatic nitrogens is 4. The molecule has 0 aromatic carbocycles. The fourth-order valence-corrected chi connectivity index (χ4v) is 2.08. The van der Waals surface area contributed by atoms with Crippen molar-refractivity contribution in [2.45, 2.75) is 23.3 Å². The van der Waals surface area contributed by atoms with Gasteiger partial charge in [0.15, 0.2) is 0 Å². The molecule has 0 aliphatic heterocycles.